The van der Waals surface area contributed by atoms with E-state index in [1.165, 1.54) is 50.3 Å². The van der Waals surface area contributed by atoms with E-state index in [4.69, 9.17) is 5.73 Å². The molecule has 2 fully saturated rings. The van der Waals surface area contributed by atoms with Crippen molar-refractivity contribution in [2.75, 3.05) is 31.1 Å². The normalized spacial score (nSPS) is 34.9. The molecule has 0 amide bonds. The predicted octanol–water partition coefficient (Wildman–Crippen LogP) is 1.55. The van der Waals surface area contributed by atoms with Crippen LogP contribution in [0.3, 0.4) is 0 Å². The van der Waals surface area contributed by atoms with Crippen LogP contribution in [0.25, 0.3) is 0 Å². The first-order chi connectivity index (χ1) is 6.90. The quantitative estimate of drug-likeness (QED) is 0.773. The highest BCUT2D eigenvalue weighted by atomic mass is 32.2. The summed E-state index contributed by atoms with van der Waals surface area (Å²) in [6.45, 7) is 3.47. The van der Waals surface area contributed by atoms with Crippen molar-refractivity contribution in [3.8, 4) is 0 Å². The lowest BCUT2D eigenvalue weighted by molar-refractivity contribution is 0.134. The molecule has 2 N–H and O–H groups in total. The molecule has 14 heavy (non-hydrogen) atoms. The highest BCUT2D eigenvalue weighted by Gasteiger charge is 2.25. The fourth-order valence-corrected chi connectivity index (χ4v) is 3.90. The van der Waals surface area contributed by atoms with Crippen LogP contribution in [0.15, 0.2) is 0 Å². The first-order valence-corrected chi connectivity index (χ1v) is 7.07. The van der Waals surface area contributed by atoms with Crippen molar-refractivity contribution in [2.45, 2.75) is 31.7 Å². The molecule has 2 aliphatic rings. The number of nitrogens with two attached hydrogens (primary N) is 1. The summed E-state index contributed by atoms with van der Waals surface area (Å²) >= 11 is 2.12. The van der Waals surface area contributed by atoms with E-state index in [0.717, 1.165) is 12.5 Å². The van der Waals surface area contributed by atoms with Crippen LogP contribution in [-0.4, -0.2) is 42.1 Å². The van der Waals surface area contributed by atoms with Gasteiger partial charge in [-0.3, -0.25) is 4.90 Å². The minimum Gasteiger partial charge on any atom is -0.329 e. The maximum atomic E-state index is 5.82. The molecule has 0 radical (unpaired) electrons. The van der Waals surface area contributed by atoms with Crippen LogP contribution >= 0.6 is 11.8 Å². The third-order valence-electron chi connectivity index (χ3n) is 3.54. The third-order valence-corrected chi connectivity index (χ3v) is 4.77. The Hall–Kier alpha value is 0.270. The van der Waals surface area contributed by atoms with Crippen LogP contribution in [0.1, 0.15) is 25.7 Å². The molecule has 0 spiro atoms. The molecule has 0 bridgehead atoms. The van der Waals surface area contributed by atoms with Crippen LogP contribution in [0.5, 0.6) is 0 Å². The Balaban J connectivity index is 1.81. The number of rotatable bonds is 3. The largest absolute Gasteiger partial charge is 0.329 e. The summed E-state index contributed by atoms with van der Waals surface area (Å²) in [5.74, 6) is 3.71. The molecule has 0 aliphatic carbocycles. The van der Waals surface area contributed by atoms with Crippen molar-refractivity contribution in [3.63, 3.8) is 0 Å². The summed E-state index contributed by atoms with van der Waals surface area (Å²) in [4.78, 5) is 2.65. The monoisotopic (exact) mass is 214 g/mol. The van der Waals surface area contributed by atoms with Crippen LogP contribution in [-0.2, 0) is 0 Å². The zero-order chi connectivity index (χ0) is 9.80. The Kier molecular flexibility index (Phi) is 4.14. The molecule has 2 rings (SSSR count). The molecule has 2 atom stereocenters. The molecular formula is C11H22N2S. The summed E-state index contributed by atoms with van der Waals surface area (Å²) in [5.41, 5.74) is 5.82. The Bertz CT molecular complexity index is 169. The van der Waals surface area contributed by atoms with Crippen molar-refractivity contribution in [1.29, 1.82) is 0 Å². The van der Waals surface area contributed by atoms with Gasteiger partial charge in [0, 0.05) is 19.1 Å². The highest BCUT2D eigenvalue weighted by molar-refractivity contribution is 7.99. The minimum absolute atomic E-state index is 0.689. The Morgan fingerprint density at radius 1 is 1.29 bits per heavy atom. The molecule has 82 valence electrons. The van der Waals surface area contributed by atoms with Gasteiger partial charge in [0.25, 0.3) is 0 Å². The summed E-state index contributed by atoms with van der Waals surface area (Å²) < 4.78 is 0. The maximum absolute atomic E-state index is 5.82. The number of thioether (sulfide) groups is 1. The molecule has 2 unspecified atom stereocenters. The van der Waals surface area contributed by atoms with E-state index in [-0.39, 0.29) is 0 Å². The molecule has 0 aromatic rings. The topological polar surface area (TPSA) is 29.3 Å². The molecular weight excluding hydrogens is 192 g/mol. The fraction of sp³-hybridized carbons (Fsp3) is 1.00. The smallest absolute Gasteiger partial charge is 0.0218 e. The lowest BCUT2D eigenvalue weighted by atomic mass is 9.99. The molecule has 3 heteroatoms. The summed E-state index contributed by atoms with van der Waals surface area (Å²) in [6.07, 6.45) is 5.53. The van der Waals surface area contributed by atoms with Crippen molar-refractivity contribution >= 4 is 11.8 Å². The molecule has 2 heterocycles. The van der Waals surface area contributed by atoms with Crippen LogP contribution in [0.4, 0.5) is 0 Å². The van der Waals surface area contributed by atoms with Gasteiger partial charge in [-0.05, 0) is 43.2 Å². The average molecular weight is 214 g/mol. The lowest BCUT2D eigenvalue weighted by Gasteiger charge is -2.36. The molecule has 0 saturated carbocycles. The third kappa shape index (κ3) is 2.65. The Morgan fingerprint density at radius 2 is 2.21 bits per heavy atom. The van der Waals surface area contributed by atoms with Gasteiger partial charge in [-0.2, -0.15) is 11.8 Å². The van der Waals surface area contributed by atoms with Gasteiger partial charge in [0.1, 0.15) is 0 Å². The zero-order valence-corrected chi connectivity index (χ0v) is 9.77. The van der Waals surface area contributed by atoms with Crippen LogP contribution in [0.2, 0.25) is 0 Å². The maximum Gasteiger partial charge on any atom is 0.0218 e. The summed E-state index contributed by atoms with van der Waals surface area (Å²) in [7, 11) is 0. The SMILES string of the molecule is NCC1CCCCN1CC1CCSC1. The van der Waals surface area contributed by atoms with E-state index < -0.39 is 0 Å². The van der Waals surface area contributed by atoms with Crippen LogP contribution in [0, 0.1) is 5.92 Å². The van der Waals surface area contributed by atoms with Crippen molar-refractivity contribution in [2.24, 2.45) is 11.7 Å². The molecule has 2 nitrogen and oxygen atoms in total. The van der Waals surface area contributed by atoms with Gasteiger partial charge in [-0.15, -0.1) is 0 Å². The second-order valence-electron chi connectivity index (χ2n) is 4.61. The van der Waals surface area contributed by atoms with Gasteiger partial charge < -0.3 is 5.73 Å². The molecule has 0 aromatic heterocycles. The molecule has 0 aromatic carbocycles. The fourth-order valence-electron chi connectivity index (χ4n) is 2.63. The Labute approximate surface area is 91.6 Å². The first-order valence-electron chi connectivity index (χ1n) is 5.92. The van der Waals surface area contributed by atoms with E-state index in [1.807, 2.05) is 0 Å². The Morgan fingerprint density at radius 3 is 2.93 bits per heavy atom. The number of hydrogen-bond acceptors (Lipinski definition) is 3. The van der Waals surface area contributed by atoms with Gasteiger partial charge in [-0.1, -0.05) is 6.42 Å². The number of hydrogen-bond donors (Lipinski definition) is 1. The number of piperidine rings is 1. The minimum atomic E-state index is 0.689. The van der Waals surface area contributed by atoms with Crippen molar-refractivity contribution < 1.29 is 0 Å². The summed E-state index contributed by atoms with van der Waals surface area (Å²) in [6, 6.07) is 0.689. The highest BCUT2D eigenvalue weighted by Crippen LogP contribution is 2.26. The van der Waals surface area contributed by atoms with Gasteiger partial charge in [0.2, 0.25) is 0 Å². The van der Waals surface area contributed by atoms with E-state index >= 15 is 0 Å². The first kappa shape index (κ1) is 10.8. The van der Waals surface area contributed by atoms with Crippen molar-refractivity contribution in [1.82, 2.24) is 4.90 Å². The average Bonchev–Trinajstić information content (AvgIpc) is 2.71. The summed E-state index contributed by atoms with van der Waals surface area (Å²) in [5, 5.41) is 0. The lowest BCUT2D eigenvalue weighted by Crippen LogP contribution is -2.46. The molecule has 2 saturated heterocycles. The number of nitrogens with zero attached hydrogens (tertiary/aromatic N) is 1. The van der Waals surface area contributed by atoms with Gasteiger partial charge in [-0.25, -0.2) is 0 Å². The standard InChI is InChI=1S/C11H22N2S/c12-7-11-3-1-2-5-13(11)8-10-4-6-14-9-10/h10-11H,1-9,12H2. The van der Waals surface area contributed by atoms with E-state index in [1.54, 1.807) is 0 Å². The van der Waals surface area contributed by atoms with Gasteiger partial charge >= 0.3 is 0 Å². The van der Waals surface area contributed by atoms with Crippen molar-refractivity contribution in [3.05, 3.63) is 0 Å². The van der Waals surface area contributed by atoms with Gasteiger partial charge in [0.05, 0.1) is 0 Å². The van der Waals surface area contributed by atoms with E-state index in [2.05, 4.69) is 16.7 Å². The second-order valence-corrected chi connectivity index (χ2v) is 5.76. The number of likely N-dealkylation sites (tertiary alicyclic amines) is 1. The zero-order valence-electron chi connectivity index (χ0n) is 8.95. The second kappa shape index (κ2) is 5.38. The van der Waals surface area contributed by atoms with E-state index in [9.17, 15) is 0 Å². The predicted molar refractivity (Wildman–Crippen MR) is 63.7 cm³/mol. The molecule has 2 aliphatic heterocycles. The van der Waals surface area contributed by atoms with Crippen LogP contribution < -0.4 is 5.73 Å². The van der Waals surface area contributed by atoms with E-state index in [0.29, 0.717) is 6.04 Å². The van der Waals surface area contributed by atoms with Gasteiger partial charge in [0.15, 0.2) is 0 Å².